The lowest BCUT2D eigenvalue weighted by Crippen LogP contribution is -2.15. The fourth-order valence-electron chi connectivity index (χ4n) is 2.18. The predicted molar refractivity (Wildman–Crippen MR) is 83.3 cm³/mol. The number of benzene rings is 2. The summed E-state index contributed by atoms with van der Waals surface area (Å²) in [7, 11) is 0. The van der Waals surface area contributed by atoms with E-state index in [2.05, 4.69) is 0 Å². The van der Waals surface area contributed by atoms with Crippen LogP contribution in [-0.4, -0.2) is 25.6 Å². The van der Waals surface area contributed by atoms with Gasteiger partial charge in [0.05, 0.1) is 12.2 Å². The van der Waals surface area contributed by atoms with Crippen molar-refractivity contribution in [3.05, 3.63) is 53.1 Å². The van der Waals surface area contributed by atoms with Gasteiger partial charge in [-0.15, -0.1) is 0 Å². The van der Waals surface area contributed by atoms with Crippen molar-refractivity contribution in [3.63, 3.8) is 0 Å². The van der Waals surface area contributed by atoms with Gasteiger partial charge in [-0.3, -0.25) is 4.79 Å². The van der Waals surface area contributed by atoms with Gasteiger partial charge in [-0.05, 0) is 36.4 Å². The minimum absolute atomic E-state index is 0.110. The largest absolute Gasteiger partial charge is 0.492 e. The summed E-state index contributed by atoms with van der Waals surface area (Å²) in [5.41, 5.74) is 0.621. The van der Waals surface area contributed by atoms with Gasteiger partial charge in [0.25, 0.3) is 0 Å². The van der Waals surface area contributed by atoms with Crippen molar-refractivity contribution in [2.75, 3.05) is 19.8 Å². The van der Waals surface area contributed by atoms with Crippen LogP contribution in [0.4, 0.5) is 0 Å². The third-order valence-electron chi connectivity index (χ3n) is 3.27. The predicted octanol–water partition coefficient (Wildman–Crippen LogP) is 3.76. The summed E-state index contributed by atoms with van der Waals surface area (Å²) < 4.78 is 16.6. The number of halogens is 1. The monoisotopic (exact) mass is 318 g/mol. The van der Waals surface area contributed by atoms with Crippen LogP contribution in [-0.2, 0) is 0 Å². The molecule has 4 nitrogen and oxygen atoms in total. The third-order valence-corrected chi connectivity index (χ3v) is 3.53. The maximum Gasteiger partial charge on any atom is 0.169 e. The van der Waals surface area contributed by atoms with Crippen molar-refractivity contribution in [2.45, 2.75) is 6.42 Å². The standard InChI is InChI=1S/C17H15ClO4/c18-12-1-3-13(4-2-12)20-9-10-21-14-5-6-15-16(19)7-8-22-17(15)11-14/h1-6,11H,7-10H2. The van der Waals surface area contributed by atoms with Crippen LogP contribution in [0.25, 0.3) is 0 Å². The van der Waals surface area contributed by atoms with Crippen LogP contribution in [0, 0.1) is 0 Å². The second-order valence-electron chi connectivity index (χ2n) is 4.83. The van der Waals surface area contributed by atoms with Gasteiger partial charge < -0.3 is 14.2 Å². The highest BCUT2D eigenvalue weighted by Crippen LogP contribution is 2.29. The van der Waals surface area contributed by atoms with Crippen molar-refractivity contribution >= 4 is 17.4 Å². The zero-order chi connectivity index (χ0) is 15.4. The minimum atomic E-state index is 0.110. The average molecular weight is 319 g/mol. The van der Waals surface area contributed by atoms with E-state index in [9.17, 15) is 4.79 Å². The number of carbonyl (C=O) groups excluding carboxylic acids is 1. The average Bonchev–Trinajstić information content (AvgIpc) is 2.53. The Labute approximate surface area is 133 Å². The van der Waals surface area contributed by atoms with E-state index >= 15 is 0 Å². The summed E-state index contributed by atoms with van der Waals surface area (Å²) in [4.78, 5) is 11.7. The van der Waals surface area contributed by atoms with Gasteiger partial charge in [0, 0.05) is 17.5 Å². The minimum Gasteiger partial charge on any atom is -0.492 e. The van der Waals surface area contributed by atoms with E-state index in [0.29, 0.717) is 48.3 Å². The summed E-state index contributed by atoms with van der Waals surface area (Å²) in [5, 5.41) is 0.673. The summed E-state index contributed by atoms with van der Waals surface area (Å²) in [6.07, 6.45) is 0.433. The highest BCUT2D eigenvalue weighted by molar-refractivity contribution is 6.30. The van der Waals surface area contributed by atoms with Gasteiger partial charge in [0.1, 0.15) is 30.5 Å². The Hall–Kier alpha value is -2.20. The molecule has 1 aliphatic rings. The van der Waals surface area contributed by atoms with E-state index in [1.165, 1.54) is 0 Å². The molecule has 0 bridgehead atoms. The Kier molecular flexibility index (Phi) is 4.49. The molecular weight excluding hydrogens is 304 g/mol. The second-order valence-corrected chi connectivity index (χ2v) is 5.27. The number of Topliss-reactive ketones (excluding diaryl/α,β-unsaturated/α-hetero) is 1. The molecule has 5 heteroatoms. The molecule has 1 aliphatic heterocycles. The van der Waals surface area contributed by atoms with E-state index in [-0.39, 0.29) is 5.78 Å². The first-order valence-electron chi connectivity index (χ1n) is 7.03. The van der Waals surface area contributed by atoms with E-state index in [1.807, 2.05) is 0 Å². The van der Waals surface area contributed by atoms with E-state index in [0.717, 1.165) is 5.75 Å². The normalized spacial score (nSPS) is 13.2. The first kappa shape index (κ1) is 14.7. The number of ether oxygens (including phenoxy) is 3. The van der Waals surface area contributed by atoms with Crippen LogP contribution in [0.5, 0.6) is 17.2 Å². The lowest BCUT2D eigenvalue weighted by Gasteiger charge is -2.17. The highest BCUT2D eigenvalue weighted by atomic mass is 35.5. The van der Waals surface area contributed by atoms with Gasteiger partial charge in [-0.25, -0.2) is 0 Å². The molecule has 22 heavy (non-hydrogen) atoms. The number of rotatable bonds is 5. The number of carbonyl (C=O) groups is 1. The molecular formula is C17H15ClO4. The lowest BCUT2D eigenvalue weighted by atomic mass is 10.1. The molecule has 2 aromatic rings. The van der Waals surface area contributed by atoms with Crippen LogP contribution in [0.3, 0.4) is 0 Å². The van der Waals surface area contributed by atoms with Crippen molar-refractivity contribution in [2.24, 2.45) is 0 Å². The van der Waals surface area contributed by atoms with Gasteiger partial charge in [-0.1, -0.05) is 11.6 Å². The van der Waals surface area contributed by atoms with Crippen LogP contribution in [0.2, 0.25) is 5.02 Å². The maximum atomic E-state index is 11.7. The van der Waals surface area contributed by atoms with Crippen molar-refractivity contribution in [3.8, 4) is 17.2 Å². The van der Waals surface area contributed by atoms with Crippen molar-refractivity contribution in [1.82, 2.24) is 0 Å². The van der Waals surface area contributed by atoms with Gasteiger partial charge in [0.15, 0.2) is 5.78 Å². The molecule has 0 aliphatic carbocycles. The molecule has 0 N–H and O–H groups in total. The van der Waals surface area contributed by atoms with E-state index in [4.69, 9.17) is 25.8 Å². The molecule has 114 valence electrons. The number of hydrogen-bond donors (Lipinski definition) is 0. The summed E-state index contributed by atoms with van der Waals surface area (Å²) in [6, 6.07) is 12.4. The molecule has 0 atom stereocenters. The molecule has 2 aromatic carbocycles. The highest BCUT2D eigenvalue weighted by Gasteiger charge is 2.18. The van der Waals surface area contributed by atoms with Gasteiger partial charge in [-0.2, -0.15) is 0 Å². The molecule has 0 saturated heterocycles. The maximum absolute atomic E-state index is 11.7. The molecule has 0 radical (unpaired) electrons. The van der Waals surface area contributed by atoms with Crippen LogP contribution < -0.4 is 14.2 Å². The number of fused-ring (bicyclic) bond motifs is 1. The Balaban J connectivity index is 1.51. The number of ketones is 1. The Morgan fingerprint density at radius 2 is 1.68 bits per heavy atom. The first-order chi connectivity index (χ1) is 10.7. The van der Waals surface area contributed by atoms with Crippen LogP contribution in [0.15, 0.2) is 42.5 Å². The first-order valence-corrected chi connectivity index (χ1v) is 7.41. The van der Waals surface area contributed by atoms with E-state index in [1.54, 1.807) is 42.5 Å². The van der Waals surface area contributed by atoms with Crippen molar-refractivity contribution in [1.29, 1.82) is 0 Å². The molecule has 0 saturated carbocycles. The fourth-order valence-corrected chi connectivity index (χ4v) is 2.31. The Morgan fingerprint density at radius 3 is 2.45 bits per heavy atom. The summed E-state index contributed by atoms with van der Waals surface area (Å²) in [6.45, 7) is 1.24. The van der Waals surface area contributed by atoms with Crippen LogP contribution >= 0.6 is 11.6 Å². The molecule has 0 spiro atoms. The molecule has 3 rings (SSSR count). The summed E-state index contributed by atoms with van der Waals surface area (Å²) >= 11 is 5.81. The van der Waals surface area contributed by atoms with Gasteiger partial charge in [0.2, 0.25) is 0 Å². The Bertz CT molecular complexity index is 667. The summed E-state index contributed by atoms with van der Waals surface area (Å²) in [5.74, 6) is 2.10. The fraction of sp³-hybridized carbons (Fsp3) is 0.235. The van der Waals surface area contributed by atoms with Crippen molar-refractivity contribution < 1.29 is 19.0 Å². The quantitative estimate of drug-likeness (QED) is 0.787. The smallest absolute Gasteiger partial charge is 0.169 e. The third kappa shape index (κ3) is 3.52. The molecule has 0 fully saturated rings. The zero-order valence-electron chi connectivity index (χ0n) is 11.9. The topological polar surface area (TPSA) is 44.8 Å². The number of hydrogen-bond acceptors (Lipinski definition) is 4. The van der Waals surface area contributed by atoms with E-state index < -0.39 is 0 Å². The molecule has 0 aromatic heterocycles. The second kappa shape index (κ2) is 6.71. The molecule has 0 unspecified atom stereocenters. The van der Waals surface area contributed by atoms with Gasteiger partial charge >= 0.3 is 0 Å². The SMILES string of the molecule is O=C1CCOc2cc(OCCOc3ccc(Cl)cc3)ccc21. The Morgan fingerprint density at radius 1 is 1.00 bits per heavy atom. The molecule has 1 heterocycles. The van der Waals surface area contributed by atoms with Crippen LogP contribution in [0.1, 0.15) is 16.8 Å². The molecule has 0 amide bonds. The lowest BCUT2D eigenvalue weighted by molar-refractivity contribution is 0.0933. The zero-order valence-corrected chi connectivity index (χ0v) is 12.6.